The molecule has 0 N–H and O–H groups in total. The highest BCUT2D eigenvalue weighted by molar-refractivity contribution is 14.1. The lowest BCUT2D eigenvalue weighted by Gasteiger charge is -1.92. The van der Waals surface area contributed by atoms with Crippen molar-refractivity contribution >= 4 is 40.5 Å². The van der Waals surface area contributed by atoms with Crippen molar-refractivity contribution in [1.29, 1.82) is 0 Å². The molecule has 0 aromatic carbocycles. The maximum Gasteiger partial charge on any atom is 0.192 e. The van der Waals surface area contributed by atoms with E-state index < -0.39 is 0 Å². The van der Waals surface area contributed by atoms with E-state index in [-0.39, 0.29) is 5.15 Å². The number of aldehydes is 1. The minimum absolute atomic E-state index is 0.203. The number of halogens is 2. The first-order chi connectivity index (χ1) is 4.74. The molecule has 1 heterocycles. The summed E-state index contributed by atoms with van der Waals surface area (Å²) in [5, 5.41) is 0.203. The van der Waals surface area contributed by atoms with Crippen LogP contribution in [0.15, 0.2) is 6.20 Å². The van der Waals surface area contributed by atoms with Crippen molar-refractivity contribution in [1.82, 2.24) is 9.97 Å². The summed E-state index contributed by atoms with van der Waals surface area (Å²) in [5.74, 6) is 0. The molecule has 0 atom stereocenters. The lowest BCUT2D eigenvalue weighted by atomic mass is 10.4. The molecular weight excluding hydrogens is 266 g/mol. The van der Waals surface area contributed by atoms with Gasteiger partial charge in [0.25, 0.3) is 0 Å². The van der Waals surface area contributed by atoms with Gasteiger partial charge in [0, 0.05) is 28.8 Å². The van der Waals surface area contributed by atoms with Crippen LogP contribution >= 0.6 is 34.2 Å². The number of rotatable bonds is 1. The average molecular weight is 268 g/mol. The van der Waals surface area contributed by atoms with Crippen LogP contribution in [-0.4, -0.2) is 16.3 Å². The molecule has 10 heavy (non-hydrogen) atoms. The Hall–Kier alpha value is -0.230. The highest BCUT2D eigenvalue weighted by Crippen LogP contribution is 2.09. The van der Waals surface area contributed by atoms with Crippen molar-refractivity contribution in [3.05, 3.63) is 20.7 Å². The van der Waals surface area contributed by atoms with Crippen molar-refractivity contribution in [2.45, 2.75) is 0 Å². The molecule has 0 aliphatic rings. The maximum absolute atomic E-state index is 10.2. The lowest BCUT2D eigenvalue weighted by Crippen LogP contribution is -1.91. The van der Waals surface area contributed by atoms with E-state index in [1.165, 1.54) is 6.20 Å². The summed E-state index contributed by atoms with van der Waals surface area (Å²) in [4.78, 5) is 17.7. The Kier molecular flexibility index (Phi) is 2.56. The molecule has 0 saturated carbocycles. The minimum Gasteiger partial charge on any atom is -0.298 e. The van der Waals surface area contributed by atoms with Gasteiger partial charge in [-0.05, 0) is 0 Å². The van der Waals surface area contributed by atoms with Crippen molar-refractivity contribution in [3.63, 3.8) is 0 Å². The van der Waals surface area contributed by atoms with Crippen LogP contribution in [0.1, 0.15) is 10.4 Å². The number of carbonyl (C=O) groups is 1. The zero-order valence-electron chi connectivity index (χ0n) is 4.71. The van der Waals surface area contributed by atoms with Crippen LogP contribution in [-0.2, 0) is 0 Å². The summed E-state index contributed by atoms with van der Waals surface area (Å²) in [6, 6.07) is 0. The molecule has 52 valence electrons. The summed E-state index contributed by atoms with van der Waals surface area (Å²) in [5.41, 5.74) is 0.321. The zero-order valence-corrected chi connectivity index (χ0v) is 7.63. The van der Waals surface area contributed by atoms with Gasteiger partial charge in [-0.2, -0.15) is 0 Å². The molecule has 3 nitrogen and oxygen atoms in total. The Labute approximate surface area is 76.0 Å². The number of aromatic nitrogens is 2. The molecule has 1 rings (SSSR count). The predicted octanol–water partition coefficient (Wildman–Crippen LogP) is 1.55. The average Bonchev–Trinajstić information content (AvgIpc) is 1.88. The van der Waals surface area contributed by atoms with Gasteiger partial charge in [0.05, 0.1) is 5.56 Å². The fourth-order valence-electron chi connectivity index (χ4n) is 0.430. The second-order valence-electron chi connectivity index (χ2n) is 1.50. The van der Waals surface area contributed by atoms with Crippen LogP contribution < -0.4 is 0 Å². The van der Waals surface area contributed by atoms with Crippen molar-refractivity contribution in [2.24, 2.45) is 0 Å². The normalized spacial score (nSPS) is 9.40. The van der Waals surface area contributed by atoms with Gasteiger partial charge in [-0.3, -0.25) is 4.79 Å². The van der Waals surface area contributed by atoms with Crippen molar-refractivity contribution < 1.29 is 4.79 Å². The second-order valence-corrected chi connectivity index (χ2v) is 2.83. The second kappa shape index (κ2) is 3.25. The molecule has 0 saturated heterocycles. The van der Waals surface area contributed by atoms with E-state index in [0.717, 1.165) is 0 Å². The number of carbonyl (C=O) groups excluding carboxylic acids is 1. The summed E-state index contributed by atoms with van der Waals surface area (Å²) < 4.78 is 0.535. The Morgan fingerprint density at radius 2 is 2.40 bits per heavy atom. The Balaban J connectivity index is 3.19. The third-order valence-electron chi connectivity index (χ3n) is 0.866. The Morgan fingerprint density at radius 1 is 1.70 bits per heavy atom. The van der Waals surface area contributed by atoms with Gasteiger partial charge in [0.15, 0.2) is 10.1 Å². The molecule has 0 spiro atoms. The molecule has 0 radical (unpaired) electrons. The molecular formula is C5H2ClIN2O. The summed E-state index contributed by atoms with van der Waals surface area (Å²) >= 11 is 7.46. The van der Waals surface area contributed by atoms with Gasteiger partial charge in [0.1, 0.15) is 5.15 Å². The first-order valence-electron chi connectivity index (χ1n) is 2.37. The van der Waals surface area contributed by atoms with Gasteiger partial charge in [0.2, 0.25) is 0 Å². The van der Waals surface area contributed by atoms with Crippen LogP contribution in [0.3, 0.4) is 0 Å². The Bertz CT molecular complexity index is 266. The zero-order chi connectivity index (χ0) is 7.56. The fraction of sp³-hybridized carbons (Fsp3) is 0. The molecule has 0 aliphatic heterocycles. The summed E-state index contributed by atoms with van der Waals surface area (Å²) in [7, 11) is 0. The van der Waals surface area contributed by atoms with E-state index in [2.05, 4.69) is 9.97 Å². The maximum atomic E-state index is 10.2. The van der Waals surface area contributed by atoms with Crippen LogP contribution in [0.5, 0.6) is 0 Å². The molecule has 0 unspecified atom stereocenters. The third kappa shape index (κ3) is 1.63. The standard InChI is InChI=1S/C5H2ClIN2O/c6-4-3(2-10)1-8-5(7)9-4/h1-2H. The Morgan fingerprint density at radius 3 is 2.90 bits per heavy atom. The van der Waals surface area contributed by atoms with Crippen molar-refractivity contribution in [3.8, 4) is 0 Å². The smallest absolute Gasteiger partial charge is 0.192 e. The van der Waals surface area contributed by atoms with Crippen LogP contribution in [0.4, 0.5) is 0 Å². The molecule has 5 heteroatoms. The highest BCUT2D eigenvalue weighted by atomic mass is 127. The van der Waals surface area contributed by atoms with Crippen molar-refractivity contribution in [2.75, 3.05) is 0 Å². The molecule has 0 aliphatic carbocycles. The van der Waals surface area contributed by atoms with Gasteiger partial charge in [-0.15, -0.1) is 0 Å². The first-order valence-corrected chi connectivity index (χ1v) is 3.83. The van der Waals surface area contributed by atoms with E-state index >= 15 is 0 Å². The summed E-state index contributed by atoms with van der Waals surface area (Å²) in [6.07, 6.45) is 2.02. The molecule has 1 aromatic rings. The van der Waals surface area contributed by atoms with Gasteiger partial charge in [-0.25, -0.2) is 9.97 Å². The van der Waals surface area contributed by atoms with E-state index in [4.69, 9.17) is 11.6 Å². The highest BCUT2D eigenvalue weighted by Gasteiger charge is 2.00. The van der Waals surface area contributed by atoms with Crippen LogP contribution in [0.2, 0.25) is 5.15 Å². The van der Waals surface area contributed by atoms with E-state index in [0.29, 0.717) is 15.7 Å². The summed E-state index contributed by atoms with van der Waals surface area (Å²) in [6.45, 7) is 0. The van der Waals surface area contributed by atoms with E-state index in [1.54, 1.807) is 0 Å². The van der Waals surface area contributed by atoms with Crippen LogP contribution in [0.25, 0.3) is 0 Å². The largest absolute Gasteiger partial charge is 0.298 e. The van der Waals surface area contributed by atoms with E-state index in [9.17, 15) is 4.79 Å². The van der Waals surface area contributed by atoms with E-state index in [1.807, 2.05) is 22.6 Å². The van der Waals surface area contributed by atoms with Crippen LogP contribution in [0, 0.1) is 3.83 Å². The quantitative estimate of drug-likeness (QED) is 0.336. The number of hydrogen-bond acceptors (Lipinski definition) is 3. The van der Waals surface area contributed by atoms with Gasteiger partial charge in [-0.1, -0.05) is 11.6 Å². The topological polar surface area (TPSA) is 42.9 Å². The minimum atomic E-state index is 0.203. The number of nitrogens with zero attached hydrogens (tertiary/aromatic N) is 2. The molecule has 0 amide bonds. The molecule has 1 aromatic heterocycles. The predicted molar refractivity (Wildman–Crippen MR) is 45.1 cm³/mol. The van der Waals surface area contributed by atoms with Gasteiger partial charge < -0.3 is 0 Å². The monoisotopic (exact) mass is 268 g/mol. The number of hydrogen-bond donors (Lipinski definition) is 0. The SMILES string of the molecule is O=Cc1cnc(I)nc1Cl. The van der Waals surface area contributed by atoms with Gasteiger partial charge >= 0.3 is 0 Å². The molecule has 0 bridgehead atoms. The lowest BCUT2D eigenvalue weighted by molar-refractivity contribution is 0.112. The third-order valence-corrected chi connectivity index (χ3v) is 1.69. The first kappa shape index (κ1) is 7.87. The molecule has 0 fully saturated rings. The fourth-order valence-corrected chi connectivity index (χ4v) is 1.13.